The number of aromatic carboxylic acids is 1. The number of aliphatic imine (C=N–C) groups is 1. The number of carbonyl (C=O) groups excluding carboxylic acids is 1. The van der Waals surface area contributed by atoms with Crippen LogP contribution < -0.4 is 9.84 Å². The lowest BCUT2D eigenvalue weighted by atomic mass is 10.2. The van der Waals surface area contributed by atoms with Gasteiger partial charge in [0.05, 0.1) is 22.8 Å². The SMILES string of the molecule is CCOc1cc(/C=C2\SC(=Nc3cccc(C(=O)O)c3)N(C)C2=O)ccc1[O-]. The van der Waals surface area contributed by atoms with Gasteiger partial charge in [-0.2, -0.15) is 0 Å². The van der Waals surface area contributed by atoms with Crippen LogP contribution in [0, 0.1) is 0 Å². The molecule has 0 saturated carbocycles. The van der Waals surface area contributed by atoms with E-state index in [4.69, 9.17) is 9.84 Å². The minimum absolute atomic E-state index is 0.121. The maximum Gasteiger partial charge on any atom is 0.335 e. The molecule has 7 nitrogen and oxygen atoms in total. The Morgan fingerprint density at radius 1 is 1.32 bits per heavy atom. The van der Waals surface area contributed by atoms with Crippen LogP contribution in [0.4, 0.5) is 5.69 Å². The highest BCUT2D eigenvalue weighted by Gasteiger charge is 2.30. The fourth-order valence-electron chi connectivity index (χ4n) is 2.50. The van der Waals surface area contributed by atoms with E-state index in [9.17, 15) is 14.7 Å². The van der Waals surface area contributed by atoms with Gasteiger partial charge in [-0.15, -0.1) is 0 Å². The van der Waals surface area contributed by atoms with E-state index in [0.29, 0.717) is 27.9 Å². The number of carboxylic acid groups (broad SMARTS) is 1. The molecule has 3 rings (SSSR count). The van der Waals surface area contributed by atoms with E-state index in [1.165, 1.54) is 34.9 Å². The lowest BCUT2D eigenvalue weighted by molar-refractivity contribution is -0.270. The molecule has 0 radical (unpaired) electrons. The normalized spacial score (nSPS) is 16.8. The number of rotatable bonds is 5. The van der Waals surface area contributed by atoms with E-state index >= 15 is 0 Å². The number of likely N-dealkylation sites (N-methyl/N-ethyl adjacent to an activating group) is 1. The van der Waals surface area contributed by atoms with E-state index in [0.717, 1.165) is 0 Å². The zero-order valence-corrected chi connectivity index (χ0v) is 16.0. The molecule has 144 valence electrons. The van der Waals surface area contributed by atoms with Crippen LogP contribution in [0.15, 0.2) is 52.4 Å². The smallest absolute Gasteiger partial charge is 0.335 e. The predicted octanol–water partition coefficient (Wildman–Crippen LogP) is 3.09. The third kappa shape index (κ3) is 4.17. The lowest BCUT2D eigenvalue weighted by Crippen LogP contribution is -2.23. The van der Waals surface area contributed by atoms with Gasteiger partial charge in [-0.05, 0) is 54.6 Å². The van der Waals surface area contributed by atoms with Crippen LogP contribution in [0.25, 0.3) is 6.08 Å². The van der Waals surface area contributed by atoms with E-state index in [2.05, 4.69) is 4.99 Å². The maximum absolute atomic E-state index is 12.5. The van der Waals surface area contributed by atoms with E-state index in [-0.39, 0.29) is 23.0 Å². The zero-order chi connectivity index (χ0) is 20.3. The van der Waals surface area contributed by atoms with Gasteiger partial charge in [0.15, 0.2) is 5.17 Å². The predicted molar refractivity (Wildman–Crippen MR) is 106 cm³/mol. The summed E-state index contributed by atoms with van der Waals surface area (Å²) in [5.41, 5.74) is 1.23. The van der Waals surface area contributed by atoms with Crippen LogP contribution in [-0.2, 0) is 4.79 Å². The number of thioether (sulfide) groups is 1. The molecule has 1 fully saturated rings. The van der Waals surface area contributed by atoms with E-state index in [1.54, 1.807) is 44.3 Å². The highest BCUT2D eigenvalue weighted by Crippen LogP contribution is 2.34. The first-order valence-electron chi connectivity index (χ1n) is 8.42. The third-order valence-electron chi connectivity index (χ3n) is 3.89. The summed E-state index contributed by atoms with van der Waals surface area (Å²) >= 11 is 1.18. The molecule has 1 saturated heterocycles. The minimum Gasteiger partial charge on any atom is -0.870 e. The molecular weight excluding hydrogens is 380 g/mol. The van der Waals surface area contributed by atoms with Crippen molar-refractivity contribution in [3.05, 3.63) is 58.5 Å². The topological polar surface area (TPSA) is 102 Å². The van der Waals surface area contributed by atoms with Gasteiger partial charge >= 0.3 is 5.97 Å². The van der Waals surface area contributed by atoms with Gasteiger partial charge < -0.3 is 14.9 Å². The largest absolute Gasteiger partial charge is 0.870 e. The number of hydrogen-bond acceptors (Lipinski definition) is 6. The van der Waals surface area contributed by atoms with Crippen molar-refractivity contribution in [3.8, 4) is 11.5 Å². The number of carbonyl (C=O) groups is 2. The first-order chi connectivity index (χ1) is 13.4. The molecule has 2 aromatic rings. The molecule has 0 aromatic heterocycles. The Bertz CT molecular complexity index is 1000. The van der Waals surface area contributed by atoms with Crippen molar-refractivity contribution in [2.75, 3.05) is 13.7 Å². The molecule has 2 aromatic carbocycles. The first-order valence-corrected chi connectivity index (χ1v) is 9.24. The summed E-state index contributed by atoms with van der Waals surface area (Å²) in [6, 6.07) is 10.8. The van der Waals surface area contributed by atoms with Gasteiger partial charge in [0.2, 0.25) is 0 Å². The lowest BCUT2D eigenvalue weighted by Gasteiger charge is -2.14. The second-order valence-corrected chi connectivity index (χ2v) is 6.87. The summed E-state index contributed by atoms with van der Waals surface area (Å²) in [5, 5.41) is 21.3. The van der Waals surface area contributed by atoms with Crippen LogP contribution in [0.3, 0.4) is 0 Å². The van der Waals surface area contributed by atoms with Gasteiger partial charge in [0.25, 0.3) is 5.91 Å². The second kappa shape index (κ2) is 8.18. The Kier molecular flexibility index (Phi) is 5.70. The Labute approximate surface area is 166 Å². The van der Waals surface area contributed by atoms with Crippen molar-refractivity contribution in [2.24, 2.45) is 4.99 Å². The first kappa shape index (κ1) is 19.5. The van der Waals surface area contributed by atoms with Crippen molar-refractivity contribution in [1.82, 2.24) is 4.90 Å². The minimum atomic E-state index is -1.04. The van der Waals surface area contributed by atoms with Crippen LogP contribution in [-0.4, -0.2) is 40.7 Å². The zero-order valence-electron chi connectivity index (χ0n) is 15.2. The Balaban J connectivity index is 1.89. The van der Waals surface area contributed by atoms with Crippen LogP contribution in [0.5, 0.6) is 11.5 Å². The fraction of sp³-hybridized carbons (Fsp3) is 0.150. The molecule has 1 N–H and O–H groups in total. The molecular formula is C20H17N2O5S-. The molecule has 28 heavy (non-hydrogen) atoms. The molecule has 0 aliphatic carbocycles. The summed E-state index contributed by atoms with van der Waals surface area (Å²) in [7, 11) is 1.60. The van der Waals surface area contributed by atoms with E-state index < -0.39 is 5.97 Å². The molecule has 1 aliphatic heterocycles. The molecule has 1 aliphatic rings. The average Bonchev–Trinajstić information content (AvgIpc) is 2.93. The Hall–Kier alpha value is -3.26. The molecule has 1 amide bonds. The summed E-state index contributed by atoms with van der Waals surface area (Å²) in [6.45, 7) is 2.16. The standard InChI is InChI=1S/C20H18N2O5S/c1-3-27-16-9-12(7-8-15(16)23)10-17-18(24)22(2)20(28-17)21-14-6-4-5-13(11-14)19(25)26/h4-11,23H,3H2,1-2H3,(H,25,26)/p-1/b17-10-,21-20?. The number of ether oxygens (including phenoxy) is 1. The number of amidine groups is 1. The molecule has 0 atom stereocenters. The monoisotopic (exact) mass is 397 g/mol. The summed E-state index contributed by atoms with van der Waals surface area (Å²) in [4.78, 5) is 29.9. The summed E-state index contributed by atoms with van der Waals surface area (Å²) < 4.78 is 5.30. The second-order valence-electron chi connectivity index (χ2n) is 5.86. The van der Waals surface area contributed by atoms with Crippen molar-refractivity contribution in [1.29, 1.82) is 0 Å². The molecule has 1 heterocycles. The number of amides is 1. The summed E-state index contributed by atoms with van der Waals surface area (Å²) in [6.07, 6.45) is 1.67. The van der Waals surface area contributed by atoms with Crippen molar-refractivity contribution < 1.29 is 24.5 Å². The van der Waals surface area contributed by atoms with Gasteiger partial charge in [0.1, 0.15) is 5.75 Å². The Morgan fingerprint density at radius 2 is 2.11 bits per heavy atom. The van der Waals surface area contributed by atoms with Crippen LogP contribution >= 0.6 is 11.8 Å². The van der Waals surface area contributed by atoms with Gasteiger partial charge in [-0.25, -0.2) is 9.79 Å². The quantitative estimate of drug-likeness (QED) is 0.778. The van der Waals surface area contributed by atoms with Crippen molar-refractivity contribution in [3.63, 3.8) is 0 Å². The highest BCUT2D eigenvalue weighted by atomic mass is 32.2. The molecule has 0 bridgehead atoms. The highest BCUT2D eigenvalue weighted by molar-refractivity contribution is 8.18. The van der Waals surface area contributed by atoms with Gasteiger partial charge in [-0.1, -0.05) is 23.9 Å². The Morgan fingerprint density at radius 3 is 2.82 bits per heavy atom. The number of benzene rings is 2. The third-order valence-corrected chi connectivity index (χ3v) is 4.95. The van der Waals surface area contributed by atoms with Crippen molar-refractivity contribution in [2.45, 2.75) is 6.92 Å². The van der Waals surface area contributed by atoms with Gasteiger partial charge in [-0.3, -0.25) is 9.69 Å². The van der Waals surface area contributed by atoms with Crippen LogP contribution in [0.1, 0.15) is 22.8 Å². The fourth-order valence-corrected chi connectivity index (χ4v) is 3.49. The number of nitrogens with zero attached hydrogens (tertiary/aromatic N) is 2. The van der Waals surface area contributed by atoms with Crippen molar-refractivity contribution >= 4 is 40.6 Å². The molecule has 0 spiro atoms. The van der Waals surface area contributed by atoms with E-state index in [1.807, 2.05) is 0 Å². The summed E-state index contributed by atoms with van der Waals surface area (Å²) in [5.74, 6) is -1.26. The molecule has 0 unspecified atom stereocenters. The molecule has 8 heteroatoms. The van der Waals surface area contributed by atoms with Crippen LogP contribution in [0.2, 0.25) is 0 Å². The maximum atomic E-state index is 12.5. The number of carboxylic acids is 1. The van der Waals surface area contributed by atoms with Gasteiger partial charge in [0, 0.05) is 7.05 Å². The number of hydrogen-bond donors (Lipinski definition) is 1. The average molecular weight is 397 g/mol.